The second-order valence-corrected chi connectivity index (χ2v) is 3.53. The SMILES string of the molecule is C#CCN[C@H]1c2ccccc2C[C@H]1O. The lowest BCUT2D eigenvalue weighted by Crippen LogP contribution is -2.28. The van der Waals surface area contributed by atoms with Crippen LogP contribution in [0.15, 0.2) is 24.3 Å². The number of hydrogen-bond acceptors (Lipinski definition) is 2. The van der Waals surface area contributed by atoms with Gasteiger partial charge in [-0.3, -0.25) is 5.32 Å². The molecule has 0 saturated heterocycles. The van der Waals surface area contributed by atoms with Crippen molar-refractivity contribution in [3.63, 3.8) is 0 Å². The first-order chi connectivity index (χ1) is 6.83. The molecule has 1 aromatic carbocycles. The Bertz CT molecular complexity index is 367. The third kappa shape index (κ3) is 1.52. The maximum atomic E-state index is 9.81. The van der Waals surface area contributed by atoms with E-state index >= 15 is 0 Å². The monoisotopic (exact) mass is 187 g/mol. The molecule has 0 aromatic heterocycles. The summed E-state index contributed by atoms with van der Waals surface area (Å²) in [5.41, 5.74) is 2.39. The van der Waals surface area contributed by atoms with Crippen LogP contribution >= 0.6 is 0 Å². The molecule has 2 rings (SSSR count). The van der Waals surface area contributed by atoms with E-state index in [9.17, 15) is 5.11 Å². The second-order valence-electron chi connectivity index (χ2n) is 3.53. The van der Waals surface area contributed by atoms with Crippen molar-refractivity contribution in [1.82, 2.24) is 5.32 Å². The van der Waals surface area contributed by atoms with Gasteiger partial charge >= 0.3 is 0 Å². The first-order valence-electron chi connectivity index (χ1n) is 4.75. The summed E-state index contributed by atoms with van der Waals surface area (Å²) in [5.74, 6) is 2.52. The lowest BCUT2D eigenvalue weighted by atomic mass is 10.1. The summed E-state index contributed by atoms with van der Waals surface area (Å²) < 4.78 is 0. The molecule has 72 valence electrons. The van der Waals surface area contributed by atoms with Gasteiger partial charge in [-0.2, -0.15) is 0 Å². The van der Waals surface area contributed by atoms with Crippen molar-refractivity contribution in [2.75, 3.05) is 6.54 Å². The number of aliphatic hydroxyl groups is 1. The summed E-state index contributed by atoms with van der Waals surface area (Å²) in [5, 5.41) is 13.0. The molecule has 2 nitrogen and oxygen atoms in total. The van der Waals surface area contributed by atoms with E-state index in [4.69, 9.17) is 6.42 Å². The van der Waals surface area contributed by atoms with Gasteiger partial charge in [-0.1, -0.05) is 30.2 Å². The van der Waals surface area contributed by atoms with Crippen LogP contribution in [-0.4, -0.2) is 17.8 Å². The molecule has 0 saturated carbocycles. The van der Waals surface area contributed by atoms with Gasteiger partial charge in [-0.15, -0.1) is 6.42 Å². The second kappa shape index (κ2) is 3.83. The third-order valence-corrected chi connectivity index (χ3v) is 2.63. The normalized spacial score (nSPS) is 24.3. The summed E-state index contributed by atoms with van der Waals surface area (Å²) in [6, 6.07) is 8.08. The minimum atomic E-state index is -0.347. The Morgan fingerprint density at radius 2 is 2.29 bits per heavy atom. The predicted molar refractivity (Wildman–Crippen MR) is 55.7 cm³/mol. The standard InChI is InChI=1S/C12H13NO/c1-2-7-13-12-10-6-4-3-5-9(10)8-11(12)14/h1,3-6,11-14H,7-8H2/t11-,12+/m1/s1. The molecule has 0 amide bonds. The fourth-order valence-corrected chi connectivity index (χ4v) is 1.99. The molecule has 1 aliphatic rings. The number of aliphatic hydroxyl groups excluding tert-OH is 1. The Kier molecular flexibility index (Phi) is 2.53. The number of hydrogen-bond donors (Lipinski definition) is 2. The van der Waals surface area contributed by atoms with E-state index in [0.29, 0.717) is 6.54 Å². The highest BCUT2D eigenvalue weighted by molar-refractivity contribution is 5.36. The van der Waals surface area contributed by atoms with Gasteiger partial charge in [0, 0.05) is 6.42 Å². The van der Waals surface area contributed by atoms with E-state index in [1.165, 1.54) is 11.1 Å². The van der Waals surface area contributed by atoms with Gasteiger partial charge in [0.25, 0.3) is 0 Å². The molecule has 0 bridgehead atoms. The highest BCUT2D eigenvalue weighted by Crippen LogP contribution is 2.30. The number of benzene rings is 1. The van der Waals surface area contributed by atoms with Gasteiger partial charge in [0.2, 0.25) is 0 Å². The quantitative estimate of drug-likeness (QED) is 0.673. The minimum absolute atomic E-state index is 0.00208. The number of nitrogens with one attached hydrogen (secondary N) is 1. The summed E-state index contributed by atoms with van der Waals surface area (Å²) in [4.78, 5) is 0. The van der Waals surface area contributed by atoms with Crippen molar-refractivity contribution < 1.29 is 5.11 Å². The van der Waals surface area contributed by atoms with Gasteiger partial charge in [0.15, 0.2) is 0 Å². The molecule has 0 fully saturated rings. The van der Waals surface area contributed by atoms with Gasteiger partial charge in [-0.25, -0.2) is 0 Å². The summed E-state index contributed by atoms with van der Waals surface area (Å²) in [6.45, 7) is 0.496. The van der Waals surface area contributed by atoms with Crippen LogP contribution in [0, 0.1) is 12.3 Å². The van der Waals surface area contributed by atoms with Crippen LogP contribution in [0.1, 0.15) is 17.2 Å². The molecule has 1 aliphatic carbocycles. The van der Waals surface area contributed by atoms with Crippen LogP contribution in [0.2, 0.25) is 0 Å². The van der Waals surface area contributed by atoms with E-state index in [1.54, 1.807) is 0 Å². The summed E-state index contributed by atoms with van der Waals surface area (Å²) in [6.07, 6.45) is 5.55. The maximum Gasteiger partial charge on any atom is 0.0775 e. The van der Waals surface area contributed by atoms with Crippen molar-refractivity contribution in [2.45, 2.75) is 18.6 Å². The molecular weight excluding hydrogens is 174 g/mol. The van der Waals surface area contributed by atoms with Gasteiger partial charge in [-0.05, 0) is 11.1 Å². The zero-order valence-corrected chi connectivity index (χ0v) is 7.90. The highest BCUT2D eigenvalue weighted by Gasteiger charge is 2.29. The molecule has 2 heteroatoms. The van der Waals surface area contributed by atoms with Gasteiger partial charge in [0.05, 0.1) is 18.7 Å². The van der Waals surface area contributed by atoms with Crippen LogP contribution < -0.4 is 5.32 Å². The molecule has 0 radical (unpaired) electrons. The van der Waals surface area contributed by atoms with Crippen LogP contribution in [0.25, 0.3) is 0 Å². The Labute approximate surface area is 84.0 Å². The van der Waals surface area contributed by atoms with E-state index in [-0.39, 0.29) is 12.1 Å². The minimum Gasteiger partial charge on any atom is -0.391 e. The molecule has 2 atom stereocenters. The van der Waals surface area contributed by atoms with Crippen LogP contribution in [0.5, 0.6) is 0 Å². The molecule has 1 aromatic rings. The van der Waals surface area contributed by atoms with E-state index in [1.807, 2.05) is 18.2 Å². The average molecular weight is 187 g/mol. The fraction of sp³-hybridized carbons (Fsp3) is 0.333. The average Bonchev–Trinajstić information content (AvgIpc) is 2.51. The molecule has 14 heavy (non-hydrogen) atoms. The number of rotatable bonds is 2. The largest absolute Gasteiger partial charge is 0.391 e. The Morgan fingerprint density at radius 1 is 1.50 bits per heavy atom. The Morgan fingerprint density at radius 3 is 3.07 bits per heavy atom. The molecule has 0 heterocycles. The Balaban J connectivity index is 2.22. The lowest BCUT2D eigenvalue weighted by Gasteiger charge is -2.15. The number of fused-ring (bicyclic) bond motifs is 1. The lowest BCUT2D eigenvalue weighted by molar-refractivity contribution is 0.143. The number of terminal acetylenes is 1. The van der Waals surface area contributed by atoms with E-state index in [0.717, 1.165) is 6.42 Å². The van der Waals surface area contributed by atoms with Crippen LogP contribution in [0.3, 0.4) is 0 Å². The molecule has 0 unspecified atom stereocenters. The van der Waals surface area contributed by atoms with Gasteiger partial charge in [0.1, 0.15) is 0 Å². The zero-order chi connectivity index (χ0) is 9.97. The van der Waals surface area contributed by atoms with Crippen molar-refractivity contribution in [3.05, 3.63) is 35.4 Å². The smallest absolute Gasteiger partial charge is 0.0775 e. The van der Waals surface area contributed by atoms with Crippen LogP contribution in [0.4, 0.5) is 0 Å². The Hall–Kier alpha value is -1.30. The maximum absolute atomic E-state index is 9.81. The molecule has 0 spiro atoms. The van der Waals surface area contributed by atoms with Crippen molar-refractivity contribution in [3.8, 4) is 12.3 Å². The van der Waals surface area contributed by atoms with E-state index in [2.05, 4.69) is 17.3 Å². The summed E-state index contributed by atoms with van der Waals surface area (Å²) in [7, 11) is 0. The van der Waals surface area contributed by atoms with Gasteiger partial charge < -0.3 is 5.11 Å². The van der Waals surface area contributed by atoms with Crippen molar-refractivity contribution in [1.29, 1.82) is 0 Å². The van der Waals surface area contributed by atoms with Crippen molar-refractivity contribution >= 4 is 0 Å². The van der Waals surface area contributed by atoms with E-state index < -0.39 is 0 Å². The topological polar surface area (TPSA) is 32.3 Å². The summed E-state index contributed by atoms with van der Waals surface area (Å²) >= 11 is 0. The van der Waals surface area contributed by atoms with Crippen LogP contribution in [-0.2, 0) is 6.42 Å². The predicted octanol–water partition coefficient (Wildman–Crippen LogP) is 0.867. The molecular formula is C12H13NO. The first-order valence-corrected chi connectivity index (χ1v) is 4.75. The first kappa shape index (κ1) is 9.26. The highest BCUT2D eigenvalue weighted by atomic mass is 16.3. The third-order valence-electron chi connectivity index (χ3n) is 2.63. The molecule has 2 N–H and O–H groups in total. The van der Waals surface area contributed by atoms with Crippen molar-refractivity contribution in [2.24, 2.45) is 0 Å². The fourth-order valence-electron chi connectivity index (χ4n) is 1.99. The molecule has 0 aliphatic heterocycles. The zero-order valence-electron chi connectivity index (χ0n) is 7.90.